The molecule has 0 N–H and O–H groups in total. The second-order valence-corrected chi connectivity index (χ2v) is 12.5. The number of hydrogen-bond acceptors (Lipinski definition) is 4. The minimum absolute atomic E-state index is 0.667. The minimum Gasteiger partial charge on any atom is -0.344 e. The average molecular weight is 595 g/mol. The molecular formula is C40H26N4S. The molecule has 0 saturated carbocycles. The van der Waals surface area contributed by atoms with Crippen LogP contribution in [0.4, 0.5) is 0 Å². The molecule has 6 aromatic carbocycles. The molecule has 0 aliphatic heterocycles. The minimum atomic E-state index is 0.667. The van der Waals surface area contributed by atoms with Gasteiger partial charge in [0.25, 0.3) is 0 Å². The second-order valence-electron chi connectivity index (χ2n) is 11.4. The number of nitrogens with zero attached hydrogens (tertiary/aromatic N) is 4. The highest BCUT2D eigenvalue weighted by Crippen LogP contribution is 2.39. The number of hydrogen-bond donors (Lipinski definition) is 0. The van der Waals surface area contributed by atoms with E-state index in [1.165, 1.54) is 53.1 Å². The molecule has 0 amide bonds. The number of thiophene rings is 1. The van der Waals surface area contributed by atoms with Crippen LogP contribution in [0.3, 0.4) is 0 Å². The van der Waals surface area contributed by atoms with Crippen LogP contribution in [0.25, 0.3) is 87.3 Å². The summed E-state index contributed by atoms with van der Waals surface area (Å²) in [6.45, 7) is 0. The van der Waals surface area contributed by atoms with E-state index in [1.807, 2.05) is 72.0 Å². The van der Waals surface area contributed by atoms with Crippen molar-refractivity contribution >= 4 is 53.3 Å². The van der Waals surface area contributed by atoms with Gasteiger partial charge in [0.15, 0.2) is 17.5 Å². The van der Waals surface area contributed by atoms with Crippen molar-refractivity contribution in [3.8, 4) is 45.3 Å². The van der Waals surface area contributed by atoms with Crippen molar-refractivity contribution in [2.75, 3.05) is 0 Å². The Kier molecular flexibility index (Phi) is 5.86. The lowest BCUT2D eigenvalue weighted by Crippen LogP contribution is -2.00. The van der Waals surface area contributed by atoms with Crippen LogP contribution >= 0.6 is 11.3 Å². The fourth-order valence-corrected chi connectivity index (χ4v) is 7.45. The highest BCUT2D eigenvalue weighted by molar-refractivity contribution is 7.25. The third kappa shape index (κ3) is 4.32. The lowest BCUT2D eigenvalue weighted by Gasteiger charge is -2.08. The van der Waals surface area contributed by atoms with Crippen molar-refractivity contribution in [3.63, 3.8) is 0 Å². The molecule has 212 valence electrons. The maximum atomic E-state index is 4.97. The lowest BCUT2D eigenvalue weighted by molar-refractivity contribution is 1.01. The summed E-state index contributed by atoms with van der Waals surface area (Å²) >= 11 is 1.82. The summed E-state index contributed by atoms with van der Waals surface area (Å²) in [5.41, 5.74) is 7.83. The molecule has 0 radical (unpaired) electrons. The summed E-state index contributed by atoms with van der Waals surface area (Å²) in [7, 11) is 2.14. The van der Waals surface area contributed by atoms with Crippen LogP contribution in [0, 0.1) is 0 Å². The van der Waals surface area contributed by atoms with Crippen LogP contribution in [0.15, 0.2) is 140 Å². The number of aryl methyl sites for hydroxylation is 1. The fraction of sp³-hybridized carbons (Fsp3) is 0.0250. The predicted molar refractivity (Wildman–Crippen MR) is 188 cm³/mol. The Morgan fingerprint density at radius 3 is 1.51 bits per heavy atom. The highest BCUT2D eigenvalue weighted by Gasteiger charge is 2.15. The van der Waals surface area contributed by atoms with E-state index in [2.05, 4.69) is 90.5 Å². The van der Waals surface area contributed by atoms with Gasteiger partial charge in [0, 0.05) is 65.7 Å². The maximum absolute atomic E-state index is 4.97. The molecule has 4 nitrogen and oxygen atoms in total. The maximum Gasteiger partial charge on any atom is 0.164 e. The molecule has 9 aromatic rings. The molecule has 0 saturated heterocycles. The third-order valence-corrected chi connectivity index (χ3v) is 9.83. The van der Waals surface area contributed by atoms with E-state index in [4.69, 9.17) is 15.0 Å². The first-order chi connectivity index (χ1) is 22.2. The van der Waals surface area contributed by atoms with Gasteiger partial charge in [-0.15, -0.1) is 11.3 Å². The van der Waals surface area contributed by atoms with Crippen LogP contribution < -0.4 is 0 Å². The first kappa shape index (κ1) is 25.8. The molecular weight excluding hydrogens is 569 g/mol. The van der Waals surface area contributed by atoms with Gasteiger partial charge in [0.1, 0.15) is 0 Å². The van der Waals surface area contributed by atoms with Crippen molar-refractivity contribution in [1.82, 2.24) is 19.5 Å². The first-order valence-electron chi connectivity index (χ1n) is 15.0. The molecule has 0 bridgehead atoms. The standard InChI is InChI=1S/C40H26N4S/c1-44-34-15-9-8-14-30(34)31-22-27(16-19-35(31)44)28-17-20-36-32(23-28)33-24-29(18-21-37(33)45-36)40-42-38(25-10-4-2-5-11-25)41-39(43-40)26-12-6-3-7-13-26/h2-24H,1H3. The SMILES string of the molecule is Cn1c2ccccc2c2cc(-c3ccc4sc5ccc(-c6nc(-c7ccccc7)nc(-c7ccccc7)n6)cc5c4c3)ccc21. The van der Waals surface area contributed by atoms with Gasteiger partial charge in [0.2, 0.25) is 0 Å². The zero-order chi connectivity index (χ0) is 29.9. The van der Waals surface area contributed by atoms with Crippen LogP contribution in [0.1, 0.15) is 0 Å². The van der Waals surface area contributed by atoms with Crippen molar-refractivity contribution in [2.45, 2.75) is 0 Å². The van der Waals surface area contributed by atoms with Gasteiger partial charge in [-0.1, -0.05) is 91.0 Å². The van der Waals surface area contributed by atoms with E-state index in [1.54, 1.807) is 0 Å². The smallest absolute Gasteiger partial charge is 0.164 e. The average Bonchev–Trinajstić information content (AvgIpc) is 3.62. The van der Waals surface area contributed by atoms with Gasteiger partial charge >= 0.3 is 0 Å². The summed E-state index contributed by atoms with van der Waals surface area (Å²) in [5, 5.41) is 5.02. The van der Waals surface area contributed by atoms with Gasteiger partial charge in [-0.25, -0.2) is 15.0 Å². The summed E-state index contributed by atoms with van der Waals surface area (Å²) < 4.78 is 4.79. The summed E-state index contributed by atoms with van der Waals surface area (Å²) in [5.74, 6) is 2.00. The van der Waals surface area contributed by atoms with Gasteiger partial charge < -0.3 is 4.57 Å². The highest BCUT2D eigenvalue weighted by atomic mass is 32.1. The summed E-state index contributed by atoms with van der Waals surface area (Å²) in [6, 6.07) is 49.1. The molecule has 0 atom stereocenters. The van der Waals surface area contributed by atoms with Gasteiger partial charge in [-0.3, -0.25) is 0 Å². The van der Waals surface area contributed by atoms with Crippen molar-refractivity contribution < 1.29 is 0 Å². The second kappa shape index (κ2) is 10.2. The Balaban J connectivity index is 1.19. The van der Waals surface area contributed by atoms with Crippen molar-refractivity contribution in [2.24, 2.45) is 7.05 Å². The zero-order valence-corrected chi connectivity index (χ0v) is 25.3. The fourth-order valence-electron chi connectivity index (χ4n) is 6.38. The van der Waals surface area contributed by atoms with Gasteiger partial charge in [0.05, 0.1) is 0 Å². The molecule has 3 aromatic heterocycles. The van der Waals surface area contributed by atoms with E-state index in [-0.39, 0.29) is 0 Å². The van der Waals surface area contributed by atoms with Gasteiger partial charge in [-0.2, -0.15) is 0 Å². The number of para-hydroxylation sites is 1. The van der Waals surface area contributed by atoms with Crippen LogP contribution in [-0.4, -0.2) is 19.5 Å². The van der Waals surface area contributed by atoms with E-state index >= 15 is 0 Å². The Bertz CT molecular complexity index is 2490. The van der Waals surface area contributed by atoms with E-state index in [0.717, 1.165) is 16.7 Å². The molecule has 3 heterocycles. The summed E-state index contributed by atoms with van der Waals surface area (Å²) in [4.78, 5) is 14.8. The van der Waals surface area contributed by atoms with Crippen LogP contribution in [0.5, 0.6) is 0 Å². The number of aromatic nitrogens is 4. The Labute approximate surface area is 263 Å². The van der Waals surface area contributed by atoms with Crippen LogP contribution in [-0.2, 0) is 7.05 Å². The van der Waals surface area contributed by atoms with Gasteiger partial charge in [-0.05, 0) is 59.7 Å². The largest absolute Gasteiger partial charge is 0.344 e. The summed E-state index contributed by atoms with van der Waals surface area (Å²) in [6.07, 6.45) is 0. The van der Waals surface area contributed by atoms with E-state index in [0.29, 0.717) is 17.5 Å². The zero-order valence-electron chi connectivity index (χ0n) is 24.5. The molecule has 0 aliphatic carbocycles. The van der Waals surface area contributed by atoms with Crippen molar-refractivity contribution in [3.05, 3.63) is 140 Å². The number of rotatable bonds is 4. The van der Waals surface area contributed by atoms with Crippen molar-refractivity contribution in [1.29, 1.82) is 0 Å². The third-order valence-electron chi connectivity index (χ3n) is 8.67. The Hall–Kier alpha value is -5.65. The first-order valence-corrected chi connectivity index (χ1v) is 15.8. The Morgan fingerprint density at radius 2 is 0.867 bits per heavy atom. The number of benzene rings is 6. The monoisotopic (exact) mass is 594 g/mol. The Morgan fingerprint density at radius 1 is 0.400 bits per heavy atom. The molecule has 0 unspecified atom stereocenters. The molecule has 0 aliphatic rings. The molecule has 5 heteroatoms. The molecule has 0 spiro atoms. The van der Waals surface area contributed by atoms with Crippen LogP contribution in [0.2, 0.25) is 0 Å². The topological polar surface area (TPSA) is 43.6 Å². The lowest BCUT2D eigenvalue weighted by atomic mass is 10.00. The molecule has 45 heavy (non-hydrogen) atoms. The number of fused-ring (bicyclic) bond motifs is 6. The van der Waals surface area contributed by atoms with E-state index < -0.39 is 0 Å². The van der Waals surface area contributed by atoms with E-state index in [9.17, 15) is 0 Å². The quantitative estimate of drug-likeness (QED) is 0.204. The normalized spacial score (nSPS) is 11.7. The molecule has 9 rings (SSSR count). The molecule has 0 fully saturated rings. The predicted octanol–water partition coefficient (Wildman–Crippen LogP) is 10.6.